The number of hydrogen-bond donors (Lipinski definition) is 1. The third kappa shape index (κ3) is 2.83. The summed E-state index contributed by atoms with van der Waals surface area (Å²) >= 11 is 0. The van der Waals surface area contributed by atoms with E-state index in [0.717, 1.165) is 26.2 Å². The third-order valence-corrected chi connectivity index (χ3v) is 3.83. The molecule has 0 aromatic carbocycles. The zero-order valence-corrected chi connectivity index (χ0v) is 11.5. The van der Waals surface area contributed by atoms with E-state index < -0.39 is 0 Å². The number of piperazine rings is 1. The van der Waals surface area contributed by atoms with Crippen LogP contribution in [0.2, 0.25) is 0 Å². The highest BCUT2D eigenvalue weighted by molar-refractivity contribution is 5.90. The van der Waals surface area contributed by atoms with Gasteiger partial charge in [-0.1, -0.05) is 0 Å². The standard InChI is InChI=1S/C13H23N3O2/c1-13(2,3)16-8-6-15(7-9-16)12(18)10-4-5-11(17)14-10/h10H,4-9H2,1-3H3,(H,14,17)/t10-/m0/s1. The lowest BCUT2D eigenvalue weighted by Crippen LogP contribution is -2.57. The zero-order valence-electron chi connectivity index (χ0n) is 11.5. The van der Waals surface area contributed by atoms with Gasteiger partial charge in [-0.15, -0.1) is 0 Å². The van der Waals surface area contributed by atoms with Crippen LogP contribution in [-0.4, -0.2) is 59.4 Å². The van der Waals surface area contributed by atoms with Crippen LogP contribution in [0.4, 0.5) is 0 Å². The molecule has 0 aliphatic carbocycles. The largest absolute Gasteiger partial charge is 0.344 e. The minimum absolute atomic E-state index is 0.00155. The molecule has 0 aromatic rings. The molecule has 2 heterocycles. The summed E-state index contributed by atoms with van der Waals surface area (Å²) in [4.78, 5) is 27.6. The van der Waals surface area contributed by atoms with E-state index in [1.807, 2.05) is 4.90 Å². The summed E-state index contributed by atoms with van der Waals surface area (Å²) in [5.74, 6) is 0.0936. The van der Waals surface area contributed by atoms with E-state index in [4.69, 9.17) is 0 Å². The molecule has 0 aromatic heterocycles. The summed E-state index contributed by atoms with van der Waals surface area (Å²) in [5.41, 5.74) is 0.163. The van der Waals surface area contributed by atoms with Crippen LogP contribution in [-0.2, 0) is 9.59 Å². The van der Waals surface area contributed by atoms with E-state index in [1.165, 1.54) is 0 Å². The van der Waals surface area contributed by atoms with Gasteiger partial charge in [-0.05, 0) is 27.2 Å². The average Bonchev–Trinajstić information content (AvgIpc) is 2.74. The van der Waals surface area contributed by atoms with Gasteiger partial charge < -0.3 is 10.2 Å². The maximum atomic E-state index is 12.2. The second-order valence-electron chi connectivity index (χ2n) is 6.14. The fraction of sp³-hybridized carbons (Fsp3) is 0.846. The first-order chi connectivity index (χ1) is 8.38. The van der Waals surface area contributed by atoms with E-state index in [9.17, 15) is 9.59 Å². The first kappa shape index (κ1) is 13.3. The van der Waals surface area contributed by atoms with Crippen LogP contribution in [0.25, 0.3) is 0 Å². The van der Waals surface area contributed by atoms with Crippen molar-refractivity contribution in [1.82, 2.24) is 15.1 Å². The van der Waals surface area contributed by atoms with Crippen molar-refractivity contribution in [2.75, 3.05) is 26.2 Å². The Balaban J connectivity index is 1.86. The van der Waals surface area contributed by atoms with Gasteiger partial charge in [0.15, 0.2) is 0 Å². The van der Waals surface area contributed by atoms with Gasteiger partial charge in [0.2, 0.25) is 11.8 Å². The van der Waals surface area contributed by atoms with Gasteiger partial charge in [-0.25, -0.2) is 0 Å². The SMILES string of the molecule is CC(C)(C)N1CCN(C(=O)[C@@H]2CCC(=O)N2)CC1. The summed E-state index contributed by atoms with van der Waals surface area (Å²) in [6.45, 7) is 9.95. The fourth-order valence-electron chi connectivity index (χ4n) is 2.62. The van der Waals surface area contributed by atoms with Crippen LogP contribution in [0.3, 0.4) is 0 Å². The summed E-state index contributed by atoms with van der Waals surface area (Å²) in [5, 5.41) is 2.75. The summed E-state index contributed by atoms with van der Waals surface area (Å²) < 4.78 is 0. The van der Waals surface area contributed by atoms with E-state index in [1.54, 1.807) is 0 Å². The van der Waals surface area contributed by atoms with Gasteiger partial charge in [0, 0.05) is 38.1 Å². The number of nitrogens with zero attached hydrogens (tertiary/aromatic N) is 2. The Morgan fingerprint density at radius 2 is 1.83 bits per heavy atom. The Labute approximate surface area is 108 Å². The van der Waals surface area contributed by atoms with Crippen molar-refractivity contribution in [2.45, 2.75) is 45.2 Å². The molecule has 0 bridgehead atoms. The predicted molar refractivity (Wildman–Crippen MR) is 69.1 cm³/mol. The molecule has 0 unspecified atom stereocenters. The van der Waals surface area contributed by atoms with Crippen LogP contribution in [0.5, 0.6) is 0 Å². The highest BCUT2D eigenvalue weighted by atomic mass is 16.2. The van der Waals surface area contributed by atoms with Gasteiger partial charge in [0.1, 0.15) is 6.04 Å². The molecule has 2 amide bonds. The monoisotopic (exact) mass is 253 g/mol. The Hall–Kier alpha value is -1.10. The topological polar surface area (TPSA) is 52.7 Å². The Morgan fingerprint density at radius 1 is 1.22 bits per heavy atom. The maximum absolute atomic E-state index is 12.2. The first-order valence-electron chi connectivity index (χ1n) is 6.71. The summed E-state index contributed by atoms with van der Waals surface area (Å²) in [7, 11) is 0. The van der Waals surface area contributed by atoms with Crippen molar-refractivity contribution in [1.29, 1.82) is 0 Å². The molecule has 18 heavy (non-hydrogen) atoms. The number of hydrogen-bond acceptors (Lipinski definition) is 3. The van der Waals surface area contributed by atoms with Crippen LogP contribution >= 0.6 is 0 Å². The van der Waals surface area contributed by atoms with Crippen LogP contribution < -0.4 is 5.32 Å². The van der Waals surface area contributed by atoms with Crippen LogP contribution in [0.15, 0.2) is 0 Å². The predicted octanol–water partition coefficient (Wildman–Crippen LogP) is 0.208. The Morgan fingerprint density at radius 3 is 2.28 bits per heavy atom. The number of rotatable bonds is 1. The van der Waals surface area contributed by atoms with E-state index in [0.29, 0.717) is 12.8 Å². The van der Waals surface area contributed by atoms with Gasteiger partial charge >= 0.3 is 0 Å². The molecular formula is C13H23N3O2. The van der Waals surface area contributed by atoms with Gasteiger partial charge in [0.05, 0.1) is 0 Å². The van der Waals surface area contributed by atoms with E-state index in [-0.39, 0.29) is 23.4 Å². The van der Waals surface area contributed by atoms with Crippen LogP contribution in [0.1, 0.15) is 33.6 Å². The molecule has 0 saturated carbocycles. The van der Waals surface area contributed by atoms with Crippen molar-refractivity contribution in [3.05, 3.63) is 0 Å². The summed E-state index contributed by atoms with van der Waals surface area (Å²) in [6.07, 6.45) is 1.13. The number of carbonyl (C=O) groups is 2. The van der Waals surface area contributed by atoms with E-state index in [2.05, 4.69) is 31.0 Å². The van der Waals surface area contributed by atoms with Crippen molar-refractivity contribution in [2.24, 2.45) is 0 Å². The van der Waals surface area contributed by atoms with E-state index >= 15 is 0 Å². The second-order valence-corrected chi connectivity index (χ2v) is 6.14. The number of amides is 2. The molecule has 102 valence electrons. The van der Waals surface area contributed by atoms with Gasteiger partial charge in [-0.3, -0.25) is 14.5 Å². The third-order valence-electron chi connectivity index (χ3n) is 3.83. The number of carbonyl (C=O) groups excluding carboxylic acids is 2. The van der Waals surface area contributed by atoms with Crippen LogP contribution in [0, 0.1) is 0 Å². The molecule has 2 fully saturated rings. The first-order valence-corrected chi connectivity index (χ1v) is 6.71. The minimum Gasteiger partial charge on any atom is -0.344 e. The molecule has 0 radical (unpaired) electrons. The van der Waals surface area contributed by atoms with Crippen molar-refractivity contribution in [3.8, 4) is 0 Å². The lowest BCUT2D eigenvalue weighted by Gasteiger charge is -2.42. The molecule has 1 N–H and O–H groups in total. The molecule has 5 heteroatoms. The normalized spacial score (nSPS) is 26.3. The minimum atomic E-state index is -0.279. The molecule has 1 atom stereocenters. The van der Waals surface area contributed by atoms with Crippen molar-refractivity contribution < 1.29 is 9.59 Å². The smallest absolute Gasteiger partial charge is 0.245 e. The van der Waals surface area contributed by atoms with Crippen molar-refractivity contribution in [3.63, 3.8) is 0 Å². The quantitative estimate of drug-likeness (QED) is 0.727. The maximum Gasteiger partial charge on any atom is 0.245 e. The average molecular weight is 253 g/mol. The molecule has 0 spiro atoms. The fourth-order valence-corrected chi connectivity index (χ4v) is 2.62. The molecule has 2 saturated heterocycles. The number of nitrogens with one attached hydrogen (secondary N) is 1. The lowest BCUT2D eigenvalue weighted by atomic mass is 10.0. The highest BCUT2D eigenvalue weighted by Crippen LogP contribution is 2.17. The Bertz CT molecular complexity index is 341. The highest BCUT2D eigenvalue weighted by Gasteiger charge is 2.33. The molecule has 2 aliphatic heterocycles. The molecule has 5 nitrogen and oxygen atoms in total. The zero-order chi connectivity index (χ0) is 13.3. The lowest BCUT2D eigenvalue weighted by molar-refractivity contribution is -0.136. The second kappa shape index (κ2) is 4.88. The van der Waals surface area contributed by atoms with Gasteiger partial charge in [0.25, 0.3) is 0 Å². The van der Waals surface area contributed by atoms with Gasteiger partial charge in [-0.2, -0.15) is 0 Å². The summed E-state index contributed by atoms with van der Waals surface area (Å²) in [6, 6.07) is -0.279. The Kier molecular flexibility index (Phi) is 3.61. The molecule has 2 aliphatic rings. The molecular weight excluding hydrogens is 230 g/mol. The molecule has 2 rings (SSSR count). The van der Waals surface area contributed by atoms with Crippen molar-refractivity contribution >= 4 is 11.8 Å².